The highest BCUT2D eigenvalue weighted by atomic mass is 16.5. The smallest absolute Gasteiger partial charge is 0.193 e. The topological polar surface area (TPSA) is 46.1 Å². The van der Waals surface area contributed by atoms with E-state index in [1.165, 1.54) is 19.3 Å². The van der Waals surface area contributed by atoms with E-state index in [0.717, 1.165) is 38.2 Å². The van der Waals surface area contributed by atoms with Gasteiger partial charge < -0.3 is 19.7 Å². The fourth-order valence-electron chi connectivity index (χ4n) is 2.17. The van der Waals surface area contributed by atoms with Crippen LogP contribution in [0.3, 0.4) is 0 Å². The second-order valence-corrected chi connectivity index (χ2v) is 4.73. The van der Waals surface area contributed by atoms with Crippen molar-refractivity contribution in [3.05, 3.63) is 0 Å². The molecule has 1 aliphatic heterocycles. The van der Waals surface area contributed by atoms with Crippen molar-refractivity contribution in [2.75, 3.05) is 54.1 Å². The number of nitrogens with zero attached hydrogens (tertiary/aromatic N) is 2. The van der Waals surface area contributed by atoms with Crippen LogP contribution in [0.4, 0.5) is 0 Å². The lowest BCUT2D eigenvalue weighted by molar-refractivity contribution is 0.0625. The predicted octanol–water partition coefficient (Wildman–Crippen LogP) is 0.957. The van der Waals surface area contributed by atoms with Gasteiger partial charge in [-0.05, 0) is 25.2 Å². The van der Waals surface area contributed by atoms with Gasteiger partial charge in [0.1, 0.15) is 0 Å². The van der Waals surface area contributed by atoms with Crippen molar-refractivity contribution in [3.8, 4) is 0 Å². The van der Waals surface area contributed by atoms with Crippen LogP contribution < -0.4 is 5.32 Å². The Morgan fingerprint density at radius 1 is 1.44 bits per heavy atom. The van der Waals surface area contributed by atoms with Gasteiger partial charge in [0.05, 0.1) is 6.61 Å². The lowest BCUT2D eigenvalue weighted by Crippen LogP contribution is -2.41. The molecule has 0 atom stereocenters. The van der Waals surface area contributed by atoms with Crippen molar-refractivity contribution in [3.63, 3.8) is 0 Å². The molecule has 0 aromatic heterocycles. The standard InChI is InChI=1S/C13H27N3O2/c1-14-13(15-7-11-17-3)16(2)8-4-12-5-9-18-10-6-12/h12H,4-11H2,1-3H3,(H,14,15). The summed E-state index contributed by atoms with van der Waals surface area (Å²) in [5.41, 5.74) is 0. The van der Waals surface area contributed by atoms with Gasteiger partial charge in [-0.15, -0.1) is 0 Å². The minimum Gasteiger partial charge on any atom is -0.383 e. The van der Waals surface area contributed by atoms with E-state index in [-0.39, 0.29) is 0 Å². The lowest BCUT2D eigenvalue weighted by Gasteiger charge is -2.26. The van der Waals surface area contributed by atoms with Gasteiger partial charge in [0.15, 0.2) is 5.96 Å². The zero-order chi connectivity index (χ0) is 13.2. The van der Waals surface area contributed by atoms with E-state index in [1.807, 2.05) is 7.05 Å². The van der Waals surface area contributed by atoms with Crippen molar-refractivity contribution in [1.29, 1.82) is 0 Å². The summed E-state index contributed by atoms with van der Waals surface area (Å²) in [5, 5.41) is 3.28. The fraction of sp³-hybridized carbons (Fsp3) is 0.923. The largest absolute Gasteiger partial charge is 0.383 e. The molecule has 1 rings (SSSR count). The van der Waals surface area contributed by atoms with Crippen molar-refractivity contribution >= 4 is 5.96 Å². The minimum atomic E-state index is 0.701. The summed E-state index contributed by atoms with van der Waals surface area (Å²) < 4.78 is 10.4. The van der Waals surface area contributed by atoms with Crippen molar-refractivity contribution < 1.29 is 9.47 Å². The maximum absolute atomic E-state index is 5.38. The quantitative estimate of drug-likeness (QED) is 0.437. The summed E-state index contributed by atoms with van der Waals surface area (Å²) in [4.78, 5) is 6.46. The van der Waals surface area contributed by atoms with Crippen LogP contribution >= 0.6 is 0 Å². The van der Waals surface area contributed by atoms with E-state index >= 15 is 0 Å². The Hall–Kier alpha value is -0.810. The van der Waals surface area contributed by atoms with E-state index in [1.54, 1.807) is 7.11 Å². The molecule has 0 aromatic rings. The summed E-state index contributed by atoms with van der Waals surface area (Å²) in [6, 6.07) is 0. The first kappa shape index (κ1) is 15.2. The average Bonchev–Trinajstić information content (AvgIpc) is 2.42. The molecule has 106 valence electrons. The third-order valence-electron chi connectivity index (χ3n) is 3.38. The lowest BCUT2D eigenvalue weighted by atomic mass is 9.96. The number of hydrogen-bond donors (Lipinski definition) is 1. The Bertz CT molecular complexity index is 240. The number of rotatable bonds is 6. The van der Waals surface area contributed by atoms with Crippen LogP contribution in [-0.4, -0.2) is 65.0 Å². The van der Waals surface area contributed by atoms with Gasteiger partial charge in [0.25, 0.3) is 0 Å². The molecule has 0 saturated carbocycles. The molecule has 1 heterocycles. The Labute approximate surface area is 111 Å². The molecule has 0 bridgehead atoms. The number of aliphatic imine (C=N–C) groups is 1. The van der Waals surface area contributed by atoms with E-state index in [9.17, 15) is 0 Å². The third kappa shape index (κ3) is 5.69. The number of ether oxygens (including phenoxy) is 2. The summed E-state index contributed by atoms with van der Waals surface area (Å²) in [6.07, 6.45) is 3.61. The number of hydrogen-bond acceptors (Lipinski definition) is 3. The molecule has 1 saturated heterocycles. The number of nitrogens with one attached hydrogen (secondary N) is 1. The summed E-state index contributed by atoms with van der Waals surface area (Å²) >= 11 is 0. The Balaban J connectivity index is 2.21. The molecule has 0 radical (unpaired) electrons. The highest BCUT2D eigenvalue weighted by molar-refractivity contribution is 5.79. The van der Waals surface area contributed by atoms with Gasteiger partial charge >= 0.3 is 0 Å². The minimum absolute atomic E-state index is 0.701. The van der Waals surface area contributed by atoms with E-state index in [4.69, 9.17) is 9.47 Å². The Kier molecular flexibility index (Phi) is 7.76. The van der Waals surface area contributed by atoms with Gasteiger partial charge in [-0.3, -0.25) is 4.99 Å². The van der Waals surface area contributed by atoms with Crippen LogP contribution in [0.5, 0.6) is 0 Å². The molecule has 0 aliphatic carbocycles. The zero-order valence-corrected chi connectivity index (χ0v) is 11.9. The van der Waals surface area contributed by atoms with Crippen LogP contribution in [-0.2, 0) is 9.47 Å². The molecular weight excluding hydrogens is 230 g/mol. The molecule has 0 aromatic carbocycles. The highest BCUT2D eigenvalue weighted by Crippen LogP contribution is 2.18. The normalized spacial score (nSPS) is 17.8. The van der Waals surface area contributed by atoms with Gasteiger partial charge in [-0.1, -0.05) is 0 Å². The van der Waals surface area contributed by atoms with E-state index in [2.05, 4.69) is 22.3 Å². The fourth-order valence-corrected chi connectivity index (χ4v) is 2.17. The highest BCUT2D eigenvalue weighted by Gasteiger charge is 2.15. The maximum Gasteiger partial charge on any atom is 0.193 e. The van der Waals surface area contributed by atoms with Crippen molar-refractivity contribution in [1.82, 2.24) is 10.2 Å². The molecule has 0 amide bonds. The third-order valence-corrected chi connectivity index (χ3v) is 3.38. The zero-order valence-electron chi connectivity index (χ0n) is 11.9. The van der Waals surface area contributed by atoms with Crippen molar-refractivity contribution in [2.24, 2.45) is 10.9 Å². The second-order valence-electron chi connectivity index (χ2n) is 4.73. The summed E-state index contributed by atoms with van der Waals surface area (Å²) in [7, 11) is 5.61. The summed E-state index contributed by atoms with van der Waals surface area (Å²) in [5.74, 6) is 1.75. The summed E-state index contributed by atoms with van der Waals surface area (Å²) in [6.45, 7) is 4.39. The predicted molar refractivity (Wildman–Crippen MR) is 74.0 cm³/mol. The van der Waals surface area contributed by atoms with Crippen LogP contribution in [0.25, 0.3) is 0 Å². The molecule has 1 N–H and O–H groups in total. The Morgan fingerprint density at radius 3 is 2.78 bits per heavy atom. The monoisotopic (exact) mass is 257 g/mol. The van der Waals surface area contributed by atoms with Crippen LogP contribution in [0.2, 0.25) is 0 Å². The maximum atomic E-state index is 5.38. The molecule has 1 fully saturated rings. The van der Waals surface area contributed by atoms with E-state index in [0.29, 0.717) is 6.61 Å². The number of methoxy groups -OCH3 is 1. The Morgan fingerprint density at radius 2 is 2.17 bits per heavy atom. The van der Waals surface area contributed by atoms with Crippen LogP contribution in [0.1, 0.15) is 19.3 Å². The van der Waals surface area contributed by atoms with Gasteiger partial charge in [-0.25, -0.2) is 0 Å². The molecule has 1 aliphatic rings. The molecule has 0 unspecified atom stereocenters. The average molecular weight is 257 g/mol. The van der Waals surface area contributed by atoms with Gasteiger partial charge in [0.2, 0.25) is 0 Å². The molecule has 5 heteroatoms. The molecular formula is C13H27N3O2. The first-order chi connectivity index (χ1) is 8.77. The van der Waals surface area contributed by atoms with Crippen molar-refractivity contribution in [2.45, 2.75) is 19.3 Å². The SMILES string of the molecule is CN=C(NCCOC)N(C)CCC1CCOCC1. The van der Waals surface area contributed by atoms with Crippen LogP contribution in [0, 0.1) is 5.92 Å². The second kappa shape index (κ2) is 9.16. The molecule has 0 spiro atoms. The van der Waals surface area contributed by atoms with Crippen LogP contribution in [0.15, 0.2) is 4.99 Å². The van der Waals surface area contributed by atoms with Gasteiger partial charge in [-0.2, -0.15) is 0 Å². The molecule has 18 heavy (non-hydrogen) atoms. The first-order valence-electron chi connectivity index (χ1n) is 6.76. The van der Waals surface area contributed by atoms with Gasteiger partial charge in [0, 0.05) is 47.5 Å². The molecule has 5 nitrogen and oxygen atoms in total. The first-order valence-corrected chi connectivity index (χ1v) is 6.76. The van der Waals surface area contributed by atoms with E-state index < -0.39 is 0 Å². The number of guanidine groups is 1.